The summed E-state index contributed by atoms with van der Waals surface area (Å²) in [5.74, 6) is 0. The average molecular weight is 341 g/mol. The zero-order chi connectivity index (χ0) is 16.5. The smallest absolute Gasteiger partial charge is 0.338 e. The maximum atomic E-state index is 11.8. The van der Waals surface area contributed by atoms with Gasteiger partial charge in [-0.3, -0.25) is 0 Å². The Morgan fingerprint density at radius 1 is 0.875 bits per heavy atom. The predicted octanol–water partition coefficient (Wildman–Crippen LogP) is 3.77. The van der Waals surface area contributed by atoms with Crippen molar-refractivity contribution in [1.82, 2.24) is 0 Å². The number of para-hydroxylation sites is 1. The summed E-state index contributed by atoms with van der Waals surface area (Å²) in [6.45, 7) is 3.51. The third-order valence-corrected chi connectivity index (χ3v) is 4.69. The van der Waals surface area contributed by atoms with Gasteiger partial charge in [-0.2, -0.15) is 0 Å². The lowest BCUT2D eigenvalue weighted by Gasteiger charge is -2.37. The number of halogens is 1. The Morgan fingerprint density at radius 3 is 2.29 bits per heavy atom. The van der Waals surface area contributed by atoms with E-state index in [0.29, 0.717) is 5.58 Å². The number of hydrogen-bond donors (Lipinski definition) is 0. The van der Waals surface area contributed by atoms with E-state index in [-0.39, 0.29) is 5.63 Å². The van der Waals surface area contributed by atoms with Gasteiger partial charge in [0.05, 0.1) is 5.69 Å². The Labute approximate surface area is 144 Å². The molecule has 0 unspecified atom stereocenters. The van der Waals surface area contributed by atoms with Gasteiger partial charge in [-0.05, 0) is 36.4 Å². The molecular weight excluding hydrogens is 324 g/mol. The van der Waals surface area contributed by atoms with E-state index in [1.165, 1.54) is 5.69 Å². The lowest BCUT2D eigenvalue weighted by atomic mass is 10.1. The first-order valence-corrected chi connectivity index (χ1v) is 8.37. The topological polar surface area (TPSA) is 36.7 Å². The van der Waals surface area contributed by atoms with Crippen LogP contribution in [0.5, 0.6) is 0 Å². The number of piperazine rings is 1. The van der Waals surface area contributed by atoms with Crippen molar-refractivity contribution in [3.63, 3.8) is 0 Å². The first kappa shape index (κ1) is 15.1. The molecule has 0 radical (unpaired) electrons. The van der Waals surface area contributed by atoms with Gasteiger partial charge in [-0.25, -0.2) is 4.79 Å². The molecule has 3 aromatic rings. The molecule has 4 nitrogen and oxygen atoms in total. The second kappa shape index (κ2) is 6.21. The zero-order valence-corrected chi connectivity index (χ0v) is 13.9. The van der Waals surface area contributed by atoms with E-state index in [1.807, 2.05) is 48.5 Å². The molecule has 0 bridgehead atoms. The van der Waals surface area contributed by atoms with E-state index >= 15 is 0 Å². The molecule has 1 aromatic heterocycles. The predicted molar refractivity (Wildman–Crippen MR) is 98.4 cm³/mol. The van der Waals surface area contributed by atoms with Crippen LogP contribution in [0.15, 0.2) is 63.8 Å². The van der Waals surface area contributed by atoms with Crippen LogP contribution in [0.25, 0.3) is 11.0 Å². The first-order chi connectivity index (χ1) is 11.7. The number of fused-ring (bicyclic) bond motifs is 1. The summed E-state index contributed by atoms with van der Waals surface area (Å²) in [7, 11) is 0. The molecule has 2 heterocycles. The molecule has 1 fully saturated rings. The third kappa shape index (κ3) is 2.85. The number of anilines is 2. The lowest BCUT2D eigenvalue weighted by Crippen LogP contribution is -2.46. The molecule has 0 N–H and O–H groups in total. The van der Waals surface area contributed by atoms with Gasteiger partial charge in [0.1, 0.15) is 5.58 Å². The van der Waals surface area contributed by atoms with Gasteiger partial charge in [0.25, 0.3) is 0 Å². The van der Waals surface area contributed by atoms with Gasteiger partial charge in [-0.15, -0.1) is 0 Å². The van der Waals surface area contributed by atoms with Crippen LogP contribution in [0, 0.1) is 0 Å². The Hall–Kier alpha value is -2.46. The molecule has 0 amide bonds. The molecule has 0 aliphatic carbocycles. The SMILES string of the molecule is O=c1cc(N2CCN(c3ccc(Cl)cc3)CC2)c2ccccc2o1. The summed E-state index contributed by atoms with van der Waals surface area (Å²) in [5, 5.41) is 1.73. The summed E-state index contributed by atoms with van der Waals surface area (Å²) < 4.78 is 5.29. The molecule has 1 aliphatic heterocycles. The summed E-state index contributed by atoms with van der Waals surface area (Å²) >= 11 is 5.96. The Morgan fingerprint density at radius 2 is 1.54 bits per heavy atom. The summed E-state index contributed by atoms with van der Waals surface area (Å²) in [6, 6.07) is 17.2. The molecule has 24 heavy (non-hydrogen) atoms. The fourth-order valence-corrected chi connectivity index (χ4v) is 3.34. The van der Waals surface area contributed by atoms with Gasteiger partial charge >= 0.3 is 5.63 Å². The van der Waals surface area contributed by atoms with E-state index in [1.54, 1.807) is 6.07 Å². The van der Waals surface area contributed by atoms with Crippen LogP contribution in [0.4, 0.5) is 11.4 Å². The molecule has 1 saturated heterocycles. The molecule has 0 saturated carbocycles. The van der Waals surface area contributed by atoms with Crippen LogP contribution in [-0.2, 0) is 0 Å². The minimum Gasteiger partial charge on any atom is -0.423 e. The molecule has 2 aromatic carbocycles. The Balaban J connectivity index is 1.58. The van der Waals surface area contributed by atoms with Crippen molar-refractivity contribution in [3.05, 3.63) is 70.0 Å². The maximum Gasteiger partial charge on any atom is 0.338 e. The second-order valence-corrected chi connectivity index (χ2v) is 6.33. The van der Waals surface area contributed by atoms with Crippen LogP contribution >= 0.6 is 11.6 Å². The van der Waals surface area contributed by atoms with Gasteiger partial charge in [0.2, 0.25) is 0 Å². The Bertz CT molecular complexity index is 913. The minimum absolute atomic E-state index is 0.302. The monoisotopic (exact) mass is 340 g/mol. The van der Waals surface area contributed by atoms with E-state index in [9.17, 15) is 4.79 Å². The molecule has 0 spiro atoms. The van der Waals surface area contributed by atoms with Crippen molar-refractivity contribution in [3.8, 4) is 0 Å². The molecule has 122 valence electrons. The van der Waals surface area contributed by atoms with Crippen molar-refractivity contribution >= 4 is 33.9 Å². The number of rotatable bonds is 2. The number of hydrogen-bond acceptors (Lipinski definition) is 4. The van der Waals surface area contributed by atoms with Crippen molar-refractivity contribution in [2.24, 2.45) is 0 Å². The van der Waals surface area contributed by atoms with E-state index < -0.39 is 0 Å². The van der Waals surface area contributed by atoms with Crippen molar-refractivity contribution < 1.29 is 4.42 Å². The highest BCUT2D eigenvalue weighted by Gasteiger charge is 2.20. The van der Waals surface area contributed by atoms with Crippen molar-refractivity contribution in [1.29, 1.82) is 0 Å². The van der Waals surface area contributed by atoms with Crippen molar-refractivity contribution in [2.75, 3.05) is 36.0 Å². The van der Waals surface area contributed by atoms with Gasteiger partial charge < -0.3 is 14.2 Å². The summed E-state index contributed by atoms with van der Waals surface area (Å²) in [5.41, 5.74) is 2.47. The highest BCUT2D eigenvalue weighted by atomic mass is 35.5. The van der Waals surface area contributed by atoms with Crippen molar-refractivity contribution in [2.45, 2.75) is 0 Å². The largest absolute Gasteiger partial charge is 0.423 e. The molecule has 5 heteroatoms. The second-order valence-electron chi connectivity index (χ2n) is 5.90. The zero-order valence-electron chi connectivity index (χ0n) is 13.1. The lowest BCUT2D eigenvalue weighted by molar-refractivity contribution is 0.559. The average Bonchev–Trinajstić information content (AvgIpc) is 2.62. The van der Waals surface area contributed by atoms with Crippen LogP contribution < -0.4 is 15.4 Å². The molecular formula is C19H17ClN2O2. The van der Waals surface area contributed by atoms with Crippen LogP contribution in [0.3, 0.4) is 0 Å². The van der Waals surface area contributed by atoms with E-state index in [2.05, 4.69) is 9.80 Å². The quantitative estimate of drug-likeness (QED) is 0.665. The standard InChI is InChI=1S/C19H17ClN2O2/c20-14-5-7-15(8-6-14)21-9-11-22(12-10-21)17-13-19(23)24-18-4-2-1-3-16(17)18/h1-8,13H,9-12H2. The van der Waals surface area contributed by atoms with Gasteiger partial charge in [0.15, 0.2) is 0 Å². The van der Waals surface area contributed by atoms with Gasteiger partial charge in [-0.1, -0.05) is 23.7 Å². The Kier molecular flexibility index (Phi) is 3.90. The molecule has 1 aliphatic rings. The van der Waals surface area contributed by atoms with E-state index in [4.69, 9.17) is 16.0 Å². The summed E-state index contributed by atoms with van der Waals surface area (Å²) in [6.07, 6.45) is 0. The van der Waals surface area contributed by atoms with Crippen LogP contribution in [0.1, 0.15) is 0 Å². The molecule has 0 atom stereocenters. The minimum atomic E-state index is -0.302. The third-order valence-electron chi connectivity index (χ3n) is 4.44. The van der Waals surface area contributed by atoms with Crippen LogP contribution in [-0.4, -0.2) is 26.2 Å². The number of nitrogens with zero attached hydrogens (tertiary/aromatic N) is 2. The molecule has 4 rings (SSSR count). The number of benzene rings is 2. The normalized spacial score (nSPS) is 15.0. The summed E-state index contributed by atoms with van der Waals surface area (Å²) in [4.78, 5) is 16.4. The maximum absolute atomic E-state index is 11.8. The first-order valence-electron chi connectivity index (χ1n) is 7.99. The fraction of sp³-hybridized carbons (Fsp3) is 0.211. The van der Waals surface area contributed by atoms with Gasteiger partial charge in [0, 0.05) is 48.3 Å². The highest BCUT2D eigenvalue weighted by Crippen LogP contribution is 2.27. The fourth-order valence-electron chi connectivity index (χ4n) is 3.21. The van der Waals surface area contributed by atoms with E-state index in [0.717, 1.165) is 42.3 Å². The highest BCUT2D eigenvalue weighted by molar-refractivity contribution is 6.30. The van der Waals surface area contributed by atoms with Crippen LogP contribution in [0.2, 0.25) is 5.02 Å².